The Labute approximate surface area is 81.3 Å². The number of halogens is 1. The molecule has 0 aromatic heterocycles. The Balaban J connectivity index is 2.97. The van der Waals surface area contributed by atoms with Crippen LogP contribution >= 0.6 is 12.6 Å². The summed E-state index contributed by atoms with van der Waals surface area (Å²) in [6.45, 7) is 2.19. The summed E-state index contributed by atoms with van der Waals surface area (Å²) in [6.07, 6.45) is 6.82. The van der Waals surface area contributed by atoms with Gasteiger partial charge in [0.15, 0.2) is 0 Å². The normalized spacial score (nSPS) is 13.2. The molecule has 0 rings (SSSR count). The second-order valence-corrected chi connectivity index (χ2v) is 3.76. The zero-order chi connectivity index (χ0) is 9.23. The van der Waals surface area contributed by atoms with Crippen molar-refractivity contribution in [2.45, 2.75) is 58.0 Å². The first kappa shape index (κ1) is 12.3. The zero-order valence-corrected chi connectivity index (χ0v) is 8.95. The van der Waals surface area contributed by atoms with Gasteiger partial charge < -0.3 is 0 Å². The smallest absolute Gasteiger partial charge is 0.101 e. The summed E-state index contributed by atoms with van der Waals surface area (Å²) < 4.78 is 12.9. The lowest BCUT2D eigenvalue weighted by molar-refractivity contribution is 0.298. The van der Waals surface area contributed by atoms with Crippen LogP contribution in [0.5, 0.6) is 0 Å². The lowest BCUT2D eigenvalue weighted by atomic mass is 10.1. The Morgan fingerprint density at radius 3 is 2.33 bits per heavy atom. The number of rotatable bonds is 8. The maximum atomic E-state index is 12.9. The molecule has 2 heteroatoms. The fraction of sp³-hybridized carbons (Fsp3) is 1.00. The highest BCUT2D eigenvalue weighted by molar-refractivity contribution is 7.80. The van der Waals surface area contributed by atoms with Crippen molar-refractivity contribution in [3.63, 3.8) is 0 Å². The summed E-state index contributed by atoms with van der Waals surface area (Å²) in [7, 11) is 0. The zero-order valence-electron chi connectivity index (χ0n) is 8.06. The molecule has 0 nitrogen and oxygen atoms in total. The van der Waals surface area contributed by atoms with Crippen LogP contribution < -0.4 is 0 Å². The summed E-state index contributed by atoms with van der Waals surface area (Å²) in [6, 6.07) is 0. The van der Waals surface area contributed by atoms with Gasteiger partial charge in [-0.2, -0.15) is 12.6 Å². The van der Waals surface area contributed by atoms with Crippen LogP contribution in [0.3, 0.4) is 0 Å². The minimum absolute atomic E-state index is 0.607. The maximum absolute atomic E-state index is 12.9. The Morgan fingerprint density at radius 2 is 1.75 bits per heavy atom. The SMILES string of the molecule is CCCCCCCC(F)CCS. The van der Waals surface area contributed by atoms with Crippen LogP contribution in [0.4, 0.5) is 4.39 Å². The molecule has 1 unspecified atom stereocenters. The van der Waals surface area contributed by atoms with E-state index in [2.05, 4.69) is 19.6 Å². The Bertz CT molecular complexity index is 85.9. The van der Waals surface area contributed by atoms with Gasteiger partial charge in [-0.05, 0) is 18.6 Å². The fourth-order valence-electron chi connectivity index (χ4n) is 1.25. The van der Waals surface area contributed by atoms with E-state index in [4.69, 9.17) is 0 Å². The molecule has 0 amide bonds. The second-order valence-electron chi connectivity index (χ2n) is 3.31. The lowest BCUT2D eigenvalue weighted by Gasteiger charge is -2.05. The van der Waals surface area contributed by atoms with Crippen molar-refractivity contribution < 1.29 is 4.39 Å². The molecule has 12 heavy (non-hydrogen) atoms. The van der Waals surface area contributed by atoms with Crippen LogP contribution in [0, 0.1) is 0 Å². The van der Waals surface area contributed by atoms with E-state index in [0.29, 0.717) is 12.2 Å². The van der Waals surface area contributed by atoms with E-state index in [9.17, 15) is 4.39 Å². The number of unbranched alkanes of at least 4 members (excludes halogenated alkanes) is 4. The Morgan fingerprint density at radius 1 is 1.08 bits per heavy atom. The van der Waals surface area contributed by atoms with Gasteiger partial charge in [0.05, 0.1) is 0 Å². The maximum Gasteiger partial charge on any atom is 0.101 e. The first-order valence-corrected chi connectivity index (χ1v) is 5.69. The van der Waals surface area contributed by atoms with Crippen LogP contribution in [-0.2, 0) is 0 Å². The first-order chi connectivity index (χ1) is 5.81. The van der Waals surface area contributed by atoms with Gasteiger partial charge in [-0.1, -0.05) is 39.0 Å². The van der Waals surface area contributed by atoms with Crippen LogP contribution in [0.15, 0.2) is 0 Å². The Kier molecular flexibility index (Phi) is 9.59. The van der Waals surface area contributed by atoms with E-state index in [1.165, 1.54) is 25.7 Å². The molecule has 0 aliphatic heterocycles. The molecule has 0 N–H and O–H groups in total. The largest absolute Gasteiger partial charge is 0.247 e. The van der Waals surface area contributed by atoms with Crippen molar-refractivity contribution in [1.82, 2.24) is 0 Å². The minimum atomic E-state index is -0.607. The minimum Gasteiger partial charge on any atom is -0.247 e. The fourth-order valence-corrected chi connectivity index (χ4v) is 1.53. The predicted molar refractivity (Wildman–Crippen MR) is 56.7 cm³/mol. The van der Waals surface area contributed by atoms with E-state index in [1.54, 1.807) is 0 Å². The van der Waals surface area contributed by atoms with Gasteiger partial charge in [0, 0.05) is 0 Å². The van der Waals surface area contributed by atoms with Crippen molar-refractivity contribution in [1.29, 1.82) is 0 Å². The summed E-state index contributed by atoms with van der Waals surface area (Å²) in [4.78, 5) is 0. The molecule has 0 saturated carbocycles. The van der Waals surface area contributed by atoms with Crippen LogP contribution in [-0.4, -0.2) is 11.9 Å². The van der Waals surface area contributed by atoms with Gasteiger partial charge >= 0.3 is 0 Å². The molecule has 0 aromatic rings. The molecular weight excluding hydrogens is 171 g/mol. The summed E-state index contributed by atoms with van der Waals surface area (Å²) in [5, 5.41) is 0. The highest BCUT2D eigenvalue weighted by Crippen LogP contribution is 2.11. The molecule has 0 heterocycles. The van der Waals surface area contributed by atoms with E-state index < -0.39 is 6.17 Å². The van der Waals surface area contributed by atoms with Crippen molar-refractivity contribution in [3.05, 3.63) is 0 Å². The molecule has 0 saturated heterocycles. The molecule has 0 aliphatic carbocycles. The summed E-state index contributed by atoms with van der Waals surface area (Å²) in [5.41, 5.74) is 0. The van der Waals surface area contributed by atoms with Crippen LogP contribution in [0.25, 0.3) is 0 Å². The third-order valence-corrected chi connectivity index (χ3v) is 2.32. The second kappa shape index (κ2) is 9.37. The van der Waals surface area contributed by atoms with Crippen molar-refractivity contribution in [3.8, 4) is 0 Å². The van der Waals surface area contributed by atoms with Gasteiger partial charge in [-0.25, -0.2) is 4.39 Å². The monoisotopic (exact) mass is 192 g/mol. The van der Waals surface area contributed by atoms with E-state index in [-0.39, 0.29) is 0 Å². The molecule has 0 spiro atoms. The van der Waals surface area contributed by atoms with Crippen LogP contribution in [0.1, 0.15) is 51.9 Å². The van der Waals surface area contributed by atoms with Gasteiger partial charge in [0.1, 0.15) is 6.17 Å². The van der Waals surface area contributed by atoms with Gasteiger partial charge in [-0.15, -0.1) is 0 Å². The summed E-state index contributed by atoms with van der Waals surface area (Å²) >= 11 is 4.00. The van der Waals surface area contributed by atoms with Gasteiger partial charge in [0.25, 0.3) is 0 Å². The van der Waals surface area contributed by atoms with Gasteiger partial charge in [0.2, 0.25) is 0 Å². The summed E-state index contributed by atoms with van der Waals surface area (Å²) in [5.74, 6) is 0.677. The molecule has 0 aromatic carbocycles. The Hall–Kier alpha value is 0.280. The van der Waals surface area contributed by atoms with Crippen molar-refractivity contribution in [2.24, 2.45) is 0 Å². The third-order valence-electron chi connectivity index (χ3n) is 2.06. The van der Waals surface area contributed by atoms with Crippen LogP contribution in [0.2, 0.25) is 0 Å². The van der Waals surface area contributed by atoms with E-state index in [1.807, 2.05) is 0 Å². The highest BCUT2D eigenvalue weighted by atomic mass is 32.1. The number of thiol groups is 1. The van der Waals surface area contributed by atoms with E-state index in [0.717, 1.165) is 12.8 Å². The van der Waals surface area contributed by atoms with Crippen molar-refractivity contribution in [2.75, 3.05) is 5.75 Å². The molecule has 0 aliphatic rings. The molecule has 0 fully saturated rings. The molecular formula is C10H21FS. The number of hydrogen-bond acceptors (Lipinski definition) is 1. The van der Waals surface area contributed by atoms with Gasteiger partial charge in [-0.3, -0.25) is 0 Å². The average molecular weight is 192 g/mol. The highest BCUT2D eigenvalue weighted by Gasteiger charge is 2.03. The predicted octanol–water partition coefficient (Wildman–Crippen LogP) is 4.00. The molecule has 1 atom stereocenters. The number of alkyl halides is 1. The first-order valence-electron chi connectivity index (χ1n) is 5.06. The average Bonchev–Trinajstić information content (AvgIpc) is 2.05. The molecule has 74 valence electrons. The molecule has 0 bridgehead atoms. The third kappa shape index (κ3) is 8.38. The van der Waals surface area contributed by atoms with E-state index >= 15 is 0 Å². The topological polar surface area (TPSA) is 0 Å². The van der Waals surface area contributed by atoms with Crippen molar-refractivity contribution >= 4 is 12.6 Å². The number of hydrogen-bond donors (Lipinski definition) is 1. The lowest BCUT2D eigenvalue weighted by Crippen LogP contribution is -2.00. The quantitative estimate of drug-likeness (QED) is 0.436. The standard InChI is InChI=1S/C10H21FS/c1-2-3-4-5-6-7-10(11)8-9-12/h10,12H,2-9H2,1H3. The molecule has 0 radical (unpaired) electrons.